The molecule has 148 valence electrons. The van der Waals surface area contributed by atoms with Crippen molar-refractivity contribution in [1.82, 2.24) is 15.0 Å². The minimum atomic E-state index is -0.162. The number of amides is 1. The number of fused-ring (bicyclic) bond motifs is 1. The molecule has 0 atom stereocenters. The number of carbonyl (C=O) groups is 1. The summed E-state index contributed by atoms with van der Waals surface area (Å²) < 4.78 is 16.6. The normalized spacial score (nSPS) is 11.0. The highest BCUT2D eigenvalue weighted by Gasteiger charge is 2.22. The third kappa shape index (κ3) is 3.71. The van der Waals surface area contributed by atoms with Gasteiger partial charge in [-0.15, -0.1) is 0 Å². The predicted molar refractivity (Wildman–Crippen MR) is 108 cm³/mol. The third-order valence-electron chi connectivity index (χ3n) is 4.75. The Morgan fingerprint density at radius 3 is 2.76 bits per heavy atom. The molecule has 1 amide bonds. The molecule has 0 saturated heterocycles. The number of aromatic nitrogens is 2. The Bertz CT molecular complexity index is 1150. The maximum absolute atomic E-state index is 13.2. The topological polar surface area (TPSA) is 81.6 Å². The van der Waals surface area contributed by atoms with Crippen molar-refractivity contribution in [1.29, 1.82) is 0 Å². The lowest BCUT2D eigenvalue weighted by Crippen LogP contribution is -2.31. The van der Waals surface area contributed by atoms with E-state index >= 15 is 0 Å². The van der Waals surface area contributed by atoms with Gasteiger partial charge < -0.3 is 18.6 Å². The second-order valence-electron chi connectivity index (χ2n) is 6.82. The van der Waals surface area contributed by atoms with E-state index in [9.17, 15) is 4.79 Å². The van der Waals surface area contributed by atoms with Gasteiger partial charge in [0.05, 0.1) is 29.5 Å². The molecule has 0 N–H and O–H groups in total. The van der Waals surface area contributed by atoms with E-state index in [2.05, 4.69) is 10.1 Å². The Morgan fingerprint density at radius 1 is 1.17 bits per heavy atom. The fraction of sp³-hybridized carbons (Fsp3) is 0.227. The van der Waals surface area contributed by atoms with E-state index in [0.717, 1.165) is 11.3 Å². The summed E-state index contributed by atoms with van der Waals surface area (Å²) in [6.45, 7) is 4.59. The molecule has 0 aliphatic rings. The van der Waals surface area contributed by atoms with Crippen LogP contribution in [-0.2, 0) is 0 Å². The van der Waals surface area contributed by atoms with Gasteiger partial charge in [0.2, 0.25) is 0 Å². The van der Waals surface area contributed by atoms with Gasteiger partial charge in [0.1, 0.15) is 18.1 Å². The van der Waals surface area contributed by atoms with Crippen molar-refractivity contribution >= 4 is 17.0 Å². The smallest absolute Gasteiger partial charge is 0.259 e. The first-order chi connectivity index (χ1) is 14.0. The van der Waals surface area contributed by atoms with Gasteiger partial charge in [-0.3, -0.25) is 4.79 Å². The number of aryl methyl sites for hydroxylation is 2. The minimum absolute atomic E-state index is 0.162. The second-order valence-corrected chi connectivity index (χ2v) is 6.82. The Labute approximate surface area is 167 Å². The summed E-state index contributed by atoms with van der Waals surface area (Å²) in [5.74, 6) is 1.21. The van der Waals surface area contributed by atoms with Crippen LogP contribution in [0.3, 0.4) is 0 Å². The van der Waals surface area contributed by atoms with Crippen molar-refractivity contribution in [2.75, 3.05) is 20.2 Å². The van der Waals surface area contributed by atoms with E-state index in [4.69, 9.17) is 13.7 Å². The predicted octanol–water partition coefficient (Wildman–Crippen LogP) is 4.25. The number of rotatable bonds is 6. The molecule has 0 bridgehead atoms. The zero-order valence-corrected chi connectivity index (χ0v) is 16.5. The fourth-order valence-electron chi connectivity index (χ4n) is 3.13. The van der Waals surface area contributed by atoms with Gasteiger partial charge >= 0.3 is 0 Å². The molecule has 0 spiro atoms. The Hall–Kier alpha value is -3.61. The van der Waals surface area contributed by atoms with Crippen LogP contribution in [-0.4, -0.2) is 41.1 Å². The number of hydrogen-bond donors (Lipinski definition) is 0. The molecule has 7 heteroatoms. The highest BCUT2D eigenvalue weighted by molar-refractivity contribution is 6.06. The molecule has 0 fully saturated rings. The fourth-order valence-corrected chi connectivity index (χ4v) is 3.13. The van der Waals surface area contributed by atoms with Crippen LogP contribution in [0.1, 0.15) is 21.6 Å². The molecular formula is C22H21N3O4. The maximum atomic E-state index is 13.2. The number of likely N-dealkylation sites (N-methyl/N-ethyl adjacent to an activating group) is 1. The van der Waals surface area contributed by atoms with Gasteiger partial charge in [0, 0.05) is 7.05 Å². The van der Waals surface area contributed by atoms with Crippen LogP contribution in [0.5, 0.6) is 5.75 Å². The van der Waals surface area contributed by atoms with E-state index in [1.807, 2.05) is 31.2 Å². The van der Waals surface area contributed by atoms with Crippen molar-refractivity contribution in [3.05, 3.63) is 65.5 Å². The van der Waals surface area contributed by atoms with Crippen molar-refractivity contribution in [3.8, 4) is 17.2 Å². The van der Waals surface area contributed by atoms with Crippen molar-refractivity contribution in [2.45, 2.75) is 13.8 Å². The van der Waals surface area contributed by atoms with Crippen molar-refractivity contribution in [2.24, 2.45) is 0 Å². The monoisotopic (exact) mass is 391 g/mol. The number of hydrogen-bond acceptors (Lipinski definition) is 6. The summed E-state index contributed by atoms with van der Waals surface area (Å²) in [4.78, 5) is 19.2. The van der Waals surface area contributed by atoms with Gasteiger partial charge in [-0.25, -0.2) is 4.98 Å². The standard InChI is InChI=1S/C22H21N3O4/c1-14-7-4-5-8-18(14)28-12-10-25(3)22(26)16-13-17(19-9-6-11-27-19)23-21-20(16)15(2)24-29-21/h4-9,11,13H,10,12H2,1-3H3. The van der Waals surface area contributed by atoms with Gasteiger partial charge in [0.15, 0.2) is 5.76 Å². The lowest BCUT2D eigenvalue weighted by Gasteiger charge is -2.18. The van der Waals surface area contributed by atoms with Crippen molar-refractivity contribution < 1.29 is 18.5 Å². The third-order valence-corrected chi connectivity index (χ3v) is 4.75. The molecule has 29 heavy (non-hydrogen) atoms. The number of furan rings is 1. The number of para-hydroxylation sites is 1. The van der Waals surface area contributed by atoms with Crippen LogP contribution in [0.4, 0.5) is 0 Å². The summed E-state index contributed by atoms with van der Waals surface area (Å²) >= 11 is 0. The number of pyridine rings is 1. The SMILES string of the molecule is Cc1ccccc1OCCN(C)C(=O)c1cc(-c2ccco2)nc2onc(C)c12. The molecule has 4 rings (SSSR count). The molecule has 3 aromatic heterocycles. The molecule has 0 radical (unpaired) electrons. The average Bonchev–Trinajstić information content (AvgIpc) is 3.38. The van der Waals surface area contributed by atoms with Crippen LogP contribution in [0.15, 0.2) is 57.7 Å². The highest BCUT2D eigenvalue weighted by Crippen LogP contribution is 2.28. The Balaban J connectivity index is 1.57. The van der Waals surface area contributed by atoms with E-state index in [1.54, 1.807) is 43.3 Å². The molecular weight excluding hydrogens is 370 g/mol. The molecule has 0 aliphatic carbocycles. The first-order valence-corrected chi connectivity index (χ1v) is 9.29. The summed E-state index contributed by atoms with van der Waals surface area (Å²) in [6, 6.07) is 13.1. The zero-order chi connectivity index (χ0) is 20.4. The molecule has 4 aromatic rings. The average molecular weight is 391 g/mol. The summed E-state index contributed by atoms with van der Waals surface area (Å²) in [6.07, 6.45) is 1.56. The van der Waals surface area contributed by atoms with Crippen LogP contribution in [0.25, 0.3) is 22.6 Å². The van der Waals surface area contributed by atoms with Gasteiger partial charge in [-0.2, -0.15) is 0 Å². The van der Waals surface area contributed by atoms with E-state index in [1.165, 1.54) is 0 Å². The first-order valence-electron chi connectivity index (χ1n) is 9.29. The Kier molecular flexibility index (Phi) is 5.03. The number of benzene rings is 1. The van der Waals surface area contributed by atoms with Crippen LogP contribution < -0.4 is 4.74 Å². The number of carbonyl (C=O) groups excluding carboxylic acids is 1. The zero-order valence-electron chi connectivity index (χ0n) is 16.5. The first kappa shape index (κ1) is 18.7. The van der Waals surface area contributed by atoms with Crippen LogP contribution in [0, 0.1) is 13.8 Å². The van der Waals surface area contributed by atoms with E-state index in [0.29, 0.717) is 47.0 Å². The Morgan fingerprint density at radius 2 is 2.00 bits per heavy atom. The van der Waals surface area contributed by atoms with E-state index in [-0.39, 0.29) is 5.91 Å². The molecule has 7 nitrogen and oxygen atoms in total. The van der Waals surface area contributed by atoms with Crippen LogP contribution in [0.2, 0.25) is 0 Å². The quantitative estimate of drug-likeness (QED) is 0.489. The lowest BCUT2D eigenvalue weighted by molar-refractivity contribution is 0.0775. The molecule has 3 heterocycles. The number of nitrogens with zero attached hydrogens (tertiary/aromatic N) is 3. The minimum Gasteiger partial charge on any atom is -0.491 e. The second kappa shape index (κ2) is 7.79. The summed E-state index contributed by atoms with van der Waals surface area (Å²) in [5, 5.41) is 4.58. The summed E-state index contributed by atoms with van der Waals surface area (Å²) in [5.41, 5.74) is 2.97. The highest BCUT2D eigenvalue weighted by atomic mass is 16.5. The maximum Gasteiger partial charge on any atom is 0.259 e. The number of ether oxygens (including phenoxy) is 1. The largest absolute Gasteiger partial charge is 0.491 e. The molecule has 0 saturated carbocycles. The van der Waals surface area contributed by atoms with Gasteiger partial charge in [0.25, 0.3) is 11.6 Å². The van der Waals surface area contributed by atoms with Gasteiger partial charge in [-0.05, 0) is 43.7 Å². The molecule has 0 aliphatic heterocycles. The molecule has 0 unspecified atom stereocenters. The van der Waals surface area contributed by atoms with E-state index < -0.39 is 0 Å². The summed E-state index contributed by atoms with van der Waals surface area (Å²) in [7, 11) is 1.74. The lowest BCUT2D eigenvalue weighted by atomic mass is 10.1. The van der Waals surface area contributed by atoms with Gasteiger partial charge in [-0.1, -0.05) is 23.4 Å². The molecule has 1 aromatic carbocycles. The van der Waals surface area contributed by atoms with Crippen molar-refractivity contribution in [3.63, 3.8) is 0 Å². The van der Waals surface area contributed by atoms with Crippen LogP contribution >= 0.6 is 0 Å².